The van der Waals surface area contributed by atoms with Crippen molar-refractivity contribution in [1.82, 2.24) is 10.6 Å². The number of fused-ring (bicyclic) bond motifs is 1. The summed E-state index contributed by atoms with van der Waals surface area (Å²) in [5.41, 5.74) is 3.14. The Hall–Kier alpha value is -1.81. The zero-order chi connectivity index (χ0) is 19.8. The summed E-state index contributed by atoms with van der Waals surface area (Å²) in [5, 5.41) is 6.44. The molecule has 0 spiro atoms. The molecule has 0 aromatic heterocycles. The molecule has 2 aromatic carbocycles. The minimum Gasteiger partial charge on any atom is -0.357 e. The van der Waals surface area contributed by atoms with Crippen molar-refractivity contribution in [2.24, 2.45) is 4.99 Å². The molecule has 2 aromatic rings. The van der Waals surface area contributed by atoms with E-state index in [-0.39, 0.29) is 36.3 Å². The molecule has 6 nitrogen and oxygen atoms in total. The van der Waals surface area contributed by atoms with Crippen molar-refractivity contribution in [3.8, 4) is 0 Å². The highest BCUT2D eigenvalue weighted by Gasteiger charge is 2.28. The number of hydrogen-bond donors (Lipinski definition) is 2. The third-order valence-electron chi connectivity index (χ3n) is 4.69. The van der Waals surface area contributed by atoms with Gasteiger partial charge in [-0.2, -0.15) is 0 Å². The van der Waals surface area contributed by atoms with Gasteiger partial charge in [0.1, 0.15) is 0 Å². The highest BCUT2D eigenvalue weighted by atomic mass is 127. The number of aliphatic imine (C=N–C) groups is 1. The van der Waals surface area contributed by atoms with E-state index in [1.165, 1.54) is 9.87 Å². The van der Waals surface area contributed by atoms with Crippen molar-refractivity contribution < 1.29 is 8.42 Å². The molecule has 0 unspecified atom stereocenters. The van der Waals surface area contributed by atoms with Gasteiger partial charge in [0.25, 0.3) is 0 Å². The van der Waals surface area contributed by atoms with Gasteiger partial charge in [-0.05, 0) is 37.0 Å². The lowest BCUT2D eigenvalue weighted by Crippen LogP contribution is -2.39. The highest BCUT2D eigenvalue weighted by molar-refractivity contribution is 14.0. The summed E-state index contributed by atoms with van der Waals surface area (Å²) in [4.78, 5) is 4.45. The Labute approximate surface area is 190 Å². The molecule has 0 saturated carbocycles. The number of hydrogen-bond acceptors (Lipinski definition) is 3. The van der Waals surface area contributed by atoms with Crippen LogP contribution in [-0.4, -0.2) is 46.3 Å². The Morgan fingerprint density at radius 2 is 1.79 bits per heavy atom. The second-order valence-corrected chi connectivity index (χ2v) is 8.70. The summed E-state index contributed by atoms with van der Waals surface area (Å²) in [7, 11) is -3.38. The maximum Gasteiger partial charge on any atom is 0.237 e. The van der Waals surface area contributed by atoms with Gasteiger partial charge in [0, 0.05) is 19.6 Å². The summed E-state index contributed by atoms with van der Waals surface area (Å²) in [5.74, 6) is 0.645. The van der Waals surface area contributed by atoms with Crippen LogP contribution in [-0.2, 0) is 22.9 Å². The minimum atomic E-state index is -3.38. The van der Waals surface area contributed by atoms with Gasteiger partial charge in [0.2, 0.25) is 10.0 Å². The van der Waals surface area contributed by atoms with E-state index in [0.29, 0.717) is 12.5 Å². The molecule has 0 bridgehead atoms. The quantitative estimate of drug-likeness (QED) is 0.314. The van der Waals surface area contributed by atoms with Gasteiger partial charge in [-0.25, -0.2) is 8.42 Å². The first-order valence-corrected chi connectivity index (χ1v) is 11.4. The molecule has 0 fully saturated rings. The molecule has 0 aliphatic carbocycles. The van der Waals surface area contributed by atoms with Gasteiger partial charge in [0.05, 0.1) is 18.0 Å². The topological polar surface area (TPSA) is 73.8 Å². The van der Waals surface area contributed by atoms with Crippen molar-refractivity contribution >= 4 is 45.6 Å². The van der Waals surface area contributed by atoms with E-state index >= 15 is 0 Å². The second-order valence-electron chi connectivity index (χ2n) is 6.69. The Bertz CT molecular complexity index is 904. The molecule has 29 heavy (non-hydrogen) atoms. The number of halogens is 1. The number of nitrogens with zero attached hydrogens (tertiary/aromatic N) is 2. The molecule has 0 radical (unpaired) electrons. The number of rotatable bonds is 8. The zero-order valence-corrected chi connectivity index (χ0v) is 19.8. The van der Waals surface area contributed by atoms with Gasteiger partial charge in [-0.15, -0.1) is 24.0 Å². The molecule has 0 amide bonds. The van der Waals surface area contributed by atoms with E-state index in [2.05, 4.69) is 27.8 Å². The fourth-order valence-electron chi connectivity index (χ4n) is 3.29. The number of anilines is 1. The number of sulfonamides is 1. The largest absolute Gasteiger partial charge is 0.357 e. The second kappa shape index (κ2) is 11.4. The summed E-state index contributed by atoms with van der Waals surface area (Å²) in [6, 6.07) is 17.9. The summed E-state index contributed by atoms with van der Waals surface area (Å²) >= 11 is 0. The third kappa shape index (κ3) is 6.60. The standard InChI is InChI=1S/C21H28N4O2S.HI/c1-2-22-21(23-14-12-18-8-4-3-5-9-18)24-15-17-28(26,27)25-16-13-19-10-6-7-11-20(19)25;/h3-11H,2,12-17H2,1H3,(H2,22,23,24);1H. The van der Waals surface area contributed by atoms with Crippen LogP contribution in [0.4, 0.5) is 5.69 Å². The number of para-hydroxylation sites is 1. The molecular formula is C21H29IN4O2S. The lowest BCUT2D eigenvalue weighted by molar-refractivity contribution is 0.592. The van der Waals surface area contributed by atoms with Crippen molar-refractivity contribution in [2.75, 3.05) is 36.2 Å². The van der Waals surface area contributed by atoms with Crippen LogP contribution in [0.15, 0.2) is 59.6 Å². The molecule has 1 heterocycles. The molecule has 158 valence electrons. The fraction of sp³-hybridized carbons (Fsp3) is 0.381. The Balaban J connectivity index is 0.00000300. The molecule has 8 heteroatoms. The minimum absolute atomic E-state index is 0. The number of benzene rings is 2. The van der Waals surface area contributed by atoms with Crippen LogP contribution < -0.4 is 14.9 Å². The molecule has 1 aliphatic rings. The van der Waals surface area contributed by atoms with Crippen LogP contribution >= 0.6 is 24.0 Å². The zero-order valence-electron chi connectivity index (χ0n) is 16.7. The molecule has 2 N–H and O–H groups in total. The van der Waals surface area contributed by atoms with Gasteiger partial charge < -0.3 is 10.6 Å². The predicted molar refractivity (Wildman–Crippen MR) is 131 cm³/mol. The molecule has 1 aliphatic heterocycles. The van der Waals surface area contributed by atoms with Crippen LogP contribution in [0.25, 0.3) is 0 Å². The van der Waals surface area contributed by atoms with Crippen molar-refractivity contribution in [3.05, 3.63) is 65.7 Å². The third-order valence-corrected chi connectivity index (χ3v) is 6.44. The average molecular weight is 528 g/mol. The highest BCUT2D eigenvalue weighted by Crippen LogP contribution is 2.29. The number of nitrogens with one attached hydrogen (secondary N) is 2. The Morgan fingerprint density at radius 1 is 1.07 bits per heavy atom. The van der Waals surface area contributed by atoms with E-state index in [1.807, 2.05) is 49.4 Å². The van der Waals surface area contributed by atoms with Gasteiger partial charge in [-0.1, -0.05) is 48.5 Å². The molecular weight excluding hydrogens is 499 g/mol. The SMILES string of the molecule is CCNC(=NCCS(=O)(=O)N1CCc2ccccc21)NCCc1ccccc1.I. The predicted octanol–water partition coefficient (Wildman–Crippen LogP) is 2.79. The first kappa shape index (κ1) is 23.5. The smallest absolute Gasteiger partial charge is 0.237 e. The van der Waals surface area contributed by atoms with Crippen molar-refractivity contribution in [3.63, 3.8) is 0 Å². The van der Waals surface area contributed by atoms with Crippen LogP contribution in [0.2, 0.25) is 0 Å². The van der Waals surface area contributed by atoms with E-state index < -0.39 is 10.0 Å². The fourth-order valence-corrected chi connectivity index (χ4v) is 4.68. The van der Waals surface area contributed by atoms with Crippen LogP contribution in [0.1, 0.15) is 18.1 Å². The first-order valence-electron chi connectivity index (χ1n) is 9.74. The number of guanidine groups is 1. The maximum absolute atomic E-state index is 12.7. The van der Waals surface area contributed by atoms with Gasteiger partial charge in [-0.3, -0.25) is 9.30 Å². The van der Waals surface area contributed by atoms with E-state index in [9.17, 15) is 8.42 Å². The van der Waals surface area contributed by atoms with Gasteiger partial charge in [0.15, 0.2) is 5.96 Å². The average Bonchev–Trinajstić information content (AvgIpc) is 3.14. The van der Waals surface area contributed by atoms with E-state index in [0.717, 1.165) is 37.2 Å². The van der Waals surface area contributed by atoms with Crippen molar-refractivity contribution in [2.45, 2.75) is 19.8 Å². The molecule has 3 rings (SSSR count). The van der Waals surface area contributed by atoms with Crippen LogP contribution in [0.3, 0.4) is 0 Å². The summed E-state index contributed by atoms with van der Waals surface area (Å²) in [6.07, 6.45) is 1.65. The van der Waals surface area contributed by atoms with E-state index in [1.54, 1.807) is 0 Å². The molecule has 0 atom stereocenters. The lowest BCUT2D eigenvalue weighted by Gasteiger charge is -2.19. The van der Waals surface area contributed by atoms with E-state index in [4.69, 9.17) is 0 Å². The normalized spacial score (nSPS) is 13.6. The molecule has 0 saturated heterocycles. The lowest BCUT2D eigenvalue weighted by atomic mass is 10.1. The summed E-state index contributed by atoms with van der Waals surface area (Å²) in [6.45, 7) is 4.19. The summed E-state index contributed by atoms with van der Waals surface area (Å²) < 4.78 is 27.0. The van der Waals surface area contributed by atoms with Crippen molar-refractivity contribution in [1.29, 1.82) is 0 Å². The van der Waals surface area contributed by atoms with Gasteiger partial charge >= 0.3 is 0 Å². The first-order chi connectivity index (χ1) is 13.6. The Kier molecular flexibility index (Phi) is 9.22. The monoisotopic (exact) mass is 528 g/mol. The Morgan fingerprint density at radius 3 is 2.55 bits per heavy atom. The maximum atomic E-state index is 12.7. The van der Waals surface area contributed by atoms with Crippen LogP contribution in [0.5, 0.6) is 0 Å². The van der Waals surface area contributed by atoms with Crippen LogP contribution in [0, 0.1) is 0 Å².